The van der Waals surface area contributed by atoms with E-state index in [1.54, 1.807) is 0 Å². The first-order valence-corrected chi connectivity index (χ1v) is 7.79. The lowest BCUT2D eigenvalue weighted by Crippen LogP contribution is -2.27. The van der Waals surface area contributed by atoms with Gasteiger partial charge in [0.2, 0.25) is 0 Å². The number of esters is 1. The van der Waals surface area contributed by atoms with Crippen molar-refractivity contribution in [2.75, 3.05) is 13.2 Å². The Balaban J connectivity index is 1.95. The summed E-state index contributed by atoms with van der Waals surface area (Å²) in [5.41, 5.74) is 2.83. The van der Waals surface area contributed by atoms with E-state index in [9.17, 15) is 4.79 Å². The first kappa shape index (κ1) is 13.6. The predicted octanol–water partition coefficient (Wildman–Crippen LogP) is 2.21. The number of ether oxygens (including phenoxy) is 1. The van der Waals surface area contributed by atoms with Crippen molar-refractivity contribution >= 4 is 5.97 Å². The third kappa shape index (κ3) is 2.46. The molecule has 110 valence electrons. The Kier molecular flexibility index (Phi) is 4.05. The molecule has 1 aliphatic heterocycles. The van der Waals surface area contributed by atoms with Crippen molar-refractivity contribution in [1.82, 2.24) is 15.1 Å². The predicted molar refractivity (Wildman–Crippen MR) is 75.7 cm³/mol. The molecule has 1 aromatic heterocycles. The lowest BCUT2D eigenvalue weighted by Gasteiger charge is -2.25. The fourth-order valence-electron chi connectivity index (χ4n) is 3.37. The molecule has 2 heterocycles. The van der Waals surface area contributed by atoms with E-state index < -0.39 is 0 Å². The van der Waals surface area contributed by atoms with Crippen molar-refractivity contribution in [3.63, 3.8) is 0 Å². The van der Waals surface area contributed by atoms with Crippen LogP contribution in [-0.4, -0.2) is 28.9 Å². The molecule has 0 bridgehead atoms. The quantitative estimate of drug-likeness (QED) is 0.861. The van der Waals surface area contributed by atoms with Crippen LogP contribution in [0.15, 0.2) is 0 Å². The van der Waals surface area contributed by atoms with Gasteiger partial charge in [-0.15, -0.1) is 0 Å². The number of carbonyl (C=O) groups excluding carboxylic acids is 1. The summed E-state index contributed by atoms with van der Waals surface area (Å²) in [5, 5.41) is 7.97. The molecule has 1 saturated carbocycles. The highest BCUT2D eigenvalue weighted by Crippen LogP contribution is 2.31. The van der Waals surface area contributed by atoms with Gasteiger partial charge in [0, 0.05) is 30.8 Å². The van der Waals surface area contributed by atoms with Gasteiger partial charge in [-0.05, 0) is 19.8 Å². The molecule has 0 amide bonds. The molecule has 0 unspecified atom stereocenters. The van der Waals surface area contributed by atoms with Crippen molar-refractivity contribution in [2.45, 2.75) is 58.0 Å². The van der Waals surface area contributed by atoms with E-state index in [0.717, 1.165) is 25.1 Å². The van der Waals surface area contributed by atoms with Gasteiger partial charge in [0.25, 0.3) is 0 Å². The number of hydrogen-bond donors (Lipinski definition) is 1. The zero-order valence-corrected chi connectivity index (χ0v) is 12.2. The third-order valence-electron chi connectivity index (χ3n) is 4.35. The average Bonchev–Trinajstić information content (AvgIpc) is 2.88. The summed E-state index contributed by atoms with van der Waals surface area (Å²) >= 11 is 0. The monoisotopic (exact) mass is 277 g/mol. The fraction of sp³-hybridized carbons (Fsp3) is 0.733. The van der Waals surface area contributed by atoms with Crippen molar-refractivity contribution in [2.24, 2.45) is 0 Å². The van der Waals surface area contributed by atoms with Crippen LogP contribution in [0.1, 0.15) is 66.8 Å². The van der Waals surface area contributed by atoms with Crippen LogP contribution in [0, 0.1) is 0 Å². The van der Waals surface area contributed by atoms with Crippen molar-refractivity contribution in [1.29, 1.82) is 0 Å². The molecule has 1 fully saturated rings. The highest BCUT2D eigenvalue weighted by atomic mass is 16.5. The standard InChI is InChI=1S/C15H23N3O2/c1-2-20-15(19)14-12-10-16-9-8-13(12)18(17-14)11-6-4-3-5-7-11/h11,16H,2-10H2,1H3. The summed E-state index contributed by atoms with van der Waals surface area (Å²) in [4.78, 5) is 12.1. The second-order valence-electron chi connectivity index (χ2n) is 5.66. The Morgan fingerprint density at radius 3 is 2.95 bits per heavy atom. The van der Waals surface area contributed by atoms with Crippen LogP contribution in [0.3, 0.4) is 0 Å². The molecule has 2 aliphatic rings. The average molecular weight is 277 g/mol. The molecule has 0 saturated heterocycles. The molecule has 3 rings (SSSR count). The van der Waals surface area contributed by atoms with E-state index in [2.05, 4.69) is 15.1 Å². The van der Waals surface area contributed by atoms with Gasteiger partial charge in [0.15, 0.2) is 5.69 Å². The van der Waals surface area contributed by atoms with Gasteiger partial charge >= 0.3 is 5.97 Å². The minimum Gasteiger partial charge on any atom is -0.461 e. The first-order valence-electron chi connectivity index (χ1n) is 7.79. The zero-order chi connectivity index (χ0) is 13.9. The van der Waals surface area contributed by atoms with Crippen LogP contribution in [0.2, 0.25) is 0 Å². The van der Waals surface area contributed by atoms with E-state index in [-0.39, 0.29) is 5.97 Å². The largest absolute Gasteiger partial charge is 0.461 e. The van der Waals surface area contributed by atoms with Gasteiger partial charge in [-0.3, -0.25) is 4.68 Å². The molecule has 0 spiro atoms. The Hall–Kier alpha value is -1.36. The second kappa shape index (κ2) is 5.95. The van der Waals surface area contributed by atoms with Crippen LogP contribution in [0.4, 0.5) is 0 Å². The van der Waals surface area contributed by atoms with Crippen molar-refractivity contribution in [3.8, 4) is 0 Å². The highest BCUT2D eigenvalue weighted by molar-refractivity contribution is 5.89. The molecule has 0 aromatic carbocycles. The highest BCUT2D eigenvalue weighted by Gasteiger charge is 2.29. The Morgan fingerprint density at radius 1 is 1.40 bits per heavy atom. The lowest BCUT2D eigenvalue weighted by molar-refractivity contribution is 0.0516. The van der Waals surface area contributed by atoms with Gasteiger partial charge in [0.1, 0.15) is 0 Å². The van der Waals surface area contributed by atoms with Crippen LogP contribution in [0.5, 0.6) is 0 Å². The minimum atomic E-state index is -0.276. The number of nitrogens with one attached hydrogen (secondary N) is 1. The smallest absolute Gasteiger partial charge is 0.359 e. The molecule has 5 heteroatoms. The summed E-state index contributed by atoms with van der Waals surface area (Å²) in [6.07, 6.45) is 7.19. The first-order chi connectivity index (χ1) is 9.81. The summed E-state index contributed by atoms with van der Waals surface area (Å²) < 4.78 is 7.29. The normalized spacial score (nSPS) is 19.6. The van der Waals surface area contributed by atoms with Crippen LogP contribution in [-0.2, 0) is 17.7 Å². The van der Waals surface area contributed by atoms with Gasteiger partial charge in [-0.25, -0.2) is 4.79 Å². The number of rotatable bonds is 3. The molecular formula is C15H23N3O2. The SMILES string of the molecule is CCOC(=O)c1nn(C2CCCCC2)c2c1CNCC2. The van der Waals surface area contributed by atoms with Gasteiger partial charge in [-0.2, -0.15) is 5.10 Å². The number of carbonyl (C=O) groups is 1. The van der Waals surface area contributed by atoms with E-state index in [1.165, 1.54) is 37.8 Å². The Labute approximate surface area is 119 Å². The summed E-state index contributed by atoms with van der Waals surface area (Å²) in [6.45, 7) is 3.93. The topological polar surface area (TPSA) is 56.1 Å². The molecule has 1 aromatic rings. The lowest BCUT2D eigenvalue weighted by atomic mass is 9.95. The maximum Gasteiger partial charge on any atom is 0.359 e. The Bertz CT molecular complexity index is 490. The molecule has 1 N–H and O–H groups in total. The van der Waals surface area contributed by atoms with E-state index in [1.807, 2.05) is 6.92 Å². The third-order valence-corrected chi connectivity index (χ3v) is 4.35. The molecular weight excluding hydrogens is 254 g/mol. The Morgan fingerprint density at radius 2 is 2.20 bits per heavy atom. The minimum absolute atomic E-state index is 0.276. The number of nitrogens with zero attached hydrogens (tertiary/aromatic N) is 2. The van der Waals surface area contributed by atoms with E-state index in [4.69, 9.17) is 4.74 Å². The van der Waals surface area contributed by atoms with Gasteiger partial charge in [0.05, 0.1) is 12.6 Å². The molecule has 5 nitrogen and oxygen atoms in total. The summed E-state index contributed by atoms with van der Waals surface area (Å²) in [6, 6.07) is 0.471. The second-order valence-corrected chi connectivity index (χ2v) is 5.66. The summed E-state index contributed by atoms with van der Waals surface area (Å²) in [5.74, 6) is -0.276. The maximum atomic E-state index is 12.1. The van der Waals surface area contributed by atoms with Crippen LogP contribution in [0.25, 0.3) is 0 Å². The van der Waals surface area contributed by atoms with E-state index >= 15 is 0 Å². The maximum absolute atomic E-state index is 12.1. The van der Waals surface area contributed by atoms with Gasteiger partial charge < -0.3 is 10.1 Å². The molecule has 0 atom stereocenters. The molecule has 1 aliphatic carbocycles. The molecule has 0 radical (unpaired) electrons. The van der Waals surface area contributed by atoms with Crippen LogP contribution >= 0.6 is 0 Å². The summed E-state index contributed by atoms with van der Waals surface area (Å²) in [7, 11) is 0. The van der Waals surface area contributed by atoms with E-state index in [0.29, 0.717) is 18.3 Å². The fourth-order valence-corrected chi connectivity index (χ4v) is 3.37. The van der Waals surface area contributed by atoms with Crippen LogP contribution < -0.4 is 5.32 Å². The number of aromatic nitrogens is 2. The zero-order valence-electron chi connectivity index (χ0n) is 12.2. The number of hydrogen-bond acceptors (Lipinski definition) is 4. The molecule has 20 heavy (non-hydrogen) atoms. The van der Waals surface area contributed by atoms with Crippen molar-refractivity contribution < 1.29 is 9.53 Å². The number of fused-ring (bicyclic) bond motifs is 1. The van der Waals surface area contributed by atoms with Gasteiger partial charge in [-0.1, -0.05) is 19.3 Å². The van der Waals surface area contributed by atoms with Crippen molar-refractivity contribution in [3.05, 3.63) is 17.0 Å².